The Labute approximate surface area is 278 Å². The first-order chi connectivity index (χ1) is 21.5. The van der Waals surface area contributed by atoms with Crippen molar-refractivity contribution in [3.05, 3.63) is 107 Å². The van der Waals surface area contributed by atoms with Gasteiger partial charge in [0.25, 0.3) is 10.3 Å². The van der Waals surface area contributed by atoms with E-state index in [9.17, 15) is 24.5 Å². The van der Waals surface area contributed by atoms with Crippen molar-refractivity contribution in [3.63, 3.8) is 0 Å². The highest BCUT2D eigenvalue weighted by Crippen LogP contribution is 2.31. The third kappa shape index (κ3) is 7.72. The van der Waals surface area contributed by atoms with E-state index >= 15 is 0 Å². The van der Waals surface area contributed by atoms with Gasteiger partial charge in [0.15, 0.2) is 11.6 Å². The second kappa shape index (κ2) is 14.1. The van der Waals surface area contributed by atoms with Crippen LogP contribution in [0.5, 0.6) is 11.5 Å². The smallest absolute Gasteiger partial charge is 0.432 e. The van der Waals surface area contributed by atoms with E-state index in [0.29, 0.717) is 17.0 Å². The number of ether oxygens (including phenoxy) is 2. The minimum atomic E-state index is -1.79. The van der Waals surface area contributed by atoms with Crippen LogP contribution >= 0.6 is 47.6 Å². The number of fused-ring (bicyclic) bond motifs is 1. The summed E-state index contributed by atoms with van der Waals surface area (Å²) in [6.45, 7) is 0. The second-order valence-corrected chi connectivity index (χ2v) is 11.1. The first-order valence-electron chi connectivity index (χ1n) is 13.1. The number of anilines is 2. The van der Waals surface area contributed by atoms with E-state index in [2.05, 4.69) is 10.6 Å². The zero-order valence-electron chi connectivity index (χ0n) is 22.9. The van der Waals surface area contributed by atoms with Crippen LogP contribution in [-0.4, -0.2) is 44.7 Å². The largest absolute Gasteiger partial charge is 0.490 e. The molecule has 5 aromatic carbocycles. The van der Waals surface area contributed by atoms with E-state index in [1.54, 1.807) is 42.5 Å². The summed E-state index contributed by atoms with van der Waals surface area (Å²) in [5.41, 5.74) is 2.18. The van der Waals surface area contributed by atoms with Gasteiger partial charge in [-0.1, -0.05) is 71.7 Å². The number of thiocarbonyl (C=S) groups is 2. The first kappa shape index (κ1) is 32.6. The fourth-order valence-corrected chi connectivity index (χ4v) is 5.35. The number of hydrogen-bond donors (Lipinski definition) is 6. The summed E-state index contributed by atoms with van der Waals surface area (Å²) in [6.07, 6.45) is 0. The Morgan fingerprint density at radius 2 is 1.18 bits per heavy atom. The van der Waals surface area contributed by atoms with E-state index in [0.717, 1.165) is 16.3 Å². The molecule has 0 fully saturated rings. The molecule has 0 aliphatic rings. The highest BCUT2D eigenvalue weighted by atomic mass is 35.5. The van der Waals surface area contributed by atoms with E-state index in [-0.39, 0.29) is 42.8 Å². The molecule has 0 bridgehead atoms. The van der Waals surface area contributed by atoms with Crippen molar-refractivity contribution in [2.24, 2.45) is 0 Å². The lowest BCUT2D eigenvalue weighted by atomic mass is 9.80. The van der Waals surface area contributed by atoms with E-state index in [1.807, 2.05) is 24.3 Å². The summed E-state index contributed by atoms with van der Waals surface area (Å²) in [6, 6.07) is 24.6. The summed E-state index contributed by atoms with van der Waals surface area (Å²) < 4.78 is 26.1. The molecule has 6 N–H and O–H groups in total. The fraction of sp³-hybridized carbons (Fsp3) is 0. The average Bonchev–Trinajstić information content (AvgIpc) is 2.99. The normalized spacial score (nSPS) is 10.7. The van der Waals surface area contributed by atoms with Crippen LogP contribution in [0.3, 0.4) is 0 Å². The van der Waals surface area contributed by atoms with Crippen molar-refractivity contribution < 1.29 is 34.0 Å². The van der Waals surface area contributed by atoms with Gasteiger partial charge in [0, 0.05) is 10.9 Å². The molecule has 8 nitrogen and oxygen atoms in total. The maximum Gasteiger partial charge on any atom is 0.490 e. The predicted molar refractivity (Wildman–Crippen MR) is 186 cm³/mol. The van der Waals surface area contributed by atoms with Crippen molar-refractivity contribution in [2.75, 3.05) is 10.6 Å². The van der Waals surface area contributed by atoms with Crippen LogP contribution in [0.2, 0.25) is 10.0 Å². The topological polar surface area (TPSA) is 123 Å². The Kier molecular flexibility index (Phi) is 10.2. The number of nitrogens with one attached hydrogen (secondary N) is 2. The van der Waals surface area contributed by atoms with Crippen LogP contribution in [-0.2, 0) is 0 Å². The summed E-state index contributed by atoms with van der Waals surface area (Å²) in [4.78, 5) is 0. The van der Waals surface area contributed by atoms with Crippen molar-refractivity contribution in [3.8, 4) is 22.6 Å². The number of halogens is 3. The van der Waals surface area contributed by atoms with Gasteiger partial charge in [0.2, 0.25) is 0 Å². The quantitative estimate of drug-likeness (QED) is 0.105. The molecule has 0 saturated carbocycles. The molecule has 0 unspecified atom stereocenters. The maximum absolute atomic E-state index is 14.7. The molecule has 5 rings (SSSR count). The summed E-state index contributed by atoms with van der Waals surface area (Å²) in [5.74, 6) is -0.350. The molecule has 0 saturated heterocycles. The SMILES string of the molecule is OB(O)c1cccc(NC(=S)Oc2ccc3ccc(-c4ccc(F)c(OC(=S)Nc5cccc(B(O)O)c5Cl)c4)cc3c2)c1Cl. The minimum absolute atomic E-state index is 0.0116. The third-order valence-electron chi connectivity index (χ3n) is 6.58. The molecule has 5 aromatic rings. The van der Waals surface area contributed by atoms with Gasteiger partial charge < -0.3 is 40.2 Å². The van der Waals surface area contributed by atoms with Gasteiger partial charge in [-0.15, -0.1) is 0 Å². The lowest BCUT2D eigenvalue weighted by Crippen LogP contribution is -2.31. The van der Waals surface area contributed by atoms with Crippen molar-refractivity contribution in [1.82, 2.24) is 0 Å². The van der Waals surface area contributed by atoms with Crippen LogP contribution in [0.15, 0.2) is 91.0 Å². The van der Waals surface area contributed by atoms with Gasteiger partial charge in [0.1, 0.15) is 5.75 Å². The Bertz CT molecular complexity index is 1940. The zero-order valence-corrected chi connectivity index (χ0v) is 26.0. The van der Waals surface area contributed by atoms with Crippen LogP contribution in [0, 0.1) is 5.82 Å². The van der Waals surface area contributed by atoms with Gasteiger partial charge in [-0.05, 0) is 88.8 Å². The highest BCUT2D eigenvalue weighted by Gasteiger charge is 2.19. The van der Waals surface area contributed by atoms with E-state index in [4.69, 9.17) is 57.1 Å². The van der Waals surface area contributed by atoms with Crippen LogP contribution in [0.4, 0.5) is 15.8 Å². The second-order valence-electron chi connectivity index (χ2n) is 9.56. The summed E-state index contributed by atoms with van der Waals surface area (Å²) in [7, 11) is -3.53. The molecular weight excluding hydrogens is 660 g/mol. The van der Waals surface area contributed by atoms with Gasteiger partial charge in [-0.3, -0.25) is 0 Å². The molecule has 0 aliphatic carbocycles. The average molecular weight is 681 g/mol. The Morgan fingerprint density at radius 1 is 0.644 bits per heavy atom. The fourth-order valence-electron chi connectivity index (χ4n) is 4.40. The van der Waals surface area contributed by atoms with Crippen LogP contribution in [0.1, 0.15) is 0 Å². The standard InChI is InChI=1S/C30H21B2Cl2FN2O6S2/c33-27-21(31(38)39)3-1-5-24(27)36-29(44)42-20-11-9-16-7-8-17(13-19(16)14-20)18-10-12-23(35)26(15-18)43-30(45)37-25-6-2-4-22(28(25)34)32(40)41/h1-15,38-41H,(H,36,44)(H,37,45). The molecule has 0 spiro atoms. The molecule has 0 aromatic heterocycles. The molecule has 0 radical (unpaired) electrons. The Morgan fingerprint density at radius 3 is 1.78 bits per heavy atom. The zero-order chi connectivity index (χ0) is 32.2. The number of rotatable bonds is 7. The summed E-state index contributed by atoms with van der Waals surface area (Å²) in [5, 5.41) is 45.1. The third-order valence-corrected chi connectivity index (χ3v) is 7.79. The maximum atomic E-state index is 14.7. The van der Waals surface area contributed by atoms with Gasteiger partial charge in [-0.25, -0.2) is 4.39 Å². The van der Waals surface area contributed by atoms with Crippen molar-refractivity contribution in [2.45, 2.75) is 0 Å². The lowest BCUT2D eigenvalue weighted by Gasteiger charge is -2.14. The Balaban J connectivity index is 1.32. The van der Waals surface area contributed by atoms with Gasteiger partial charge in [0.05, 0.1) is 21.4 Å². The molecule has 0 atom stereocenters. The molecule has 226 valence electrons. The van der Waals surface area contributed by atoms with Crippen molar-refractivity contribution in [1.29, 1.82) is 0 Å². The van der Waals surface area contributed by atoms with Crippen LogP contribution in [0.25, 0.3) is 21.9 Å². The molecule has 0 aliphatic heterocycles. The van der Waals surface area contributed by atoms with Crippen molar-refractivity contribution >= 4 is 105 Å². The molecule has 0 amide bonds. The van der Waals surface area contributed by atoms with Gasteiger partial charge >= 0.3 is 14.2 Å². The monoisotopic (exact) mass is 680 g/mol. The first-order valence-corrected chi connectivity index (χ1v) is 14.7. The Hall–Kier alpha value is -3.78. The van der Waals surface area contributed by atoms with Gasteiger partial charge in [-0.2, -0.15) is 0 Å². The summed E-state index contributed by atoms with van der Waals surface area (Å²) >= 11 is 23.0. The predicted octanol–water partition coefficient (Wildman–Crippen LogP) is 4.86. The minimum Gasteiger partial charge on any atom is -0.432 e. The number of benzene rings is 5. The van der Waals surface area contributed by atoms with E-state index < -0.39 is 20.1 Å². The molecule has 15 heteroatoms. The molecule has 45 heavy (non-hydrogen) atoms. The lowest BCUT2D eigenvalue weighted by molar-refractivity contribution is 0.424. The molecule has 0 heterocycles. The highest BCUT2D eigenvalue weighted by molar-refractivity contribution is 7.80. The van der Waals surface area contributed by atoms with Crippen LogP contribution < -0.4 is 31.0 Å². The van der Waals surface area contributed by atoms with E-state index in [1.165, 1.54) is 24.3 Å². The molecular formula is C30H21B2Cl2FN2O6S2. The number of hydrogen-bond acceptors (Lipinski definition) is 8.